The molecule has 1 heterocycles. The Bertz CT molecular complexity index is 954. The summed E-state index contributed by atoms with van der Waals surface area (Å²) in [6, 6.07) is 13.5. The van der Waals surface area contributed by atoms with E-state index < -0.39 is 0 Å². The van der Waals surface area contributed by atoms with Gasteiger partial charge in [0.1, 0.15) is 12.7 Å². The highest BCUT2D eigenvalue weighted by molar-refractivity contribution is 5.77. The van der Waals surface area contributed by atoms with Crippen LogP contribution in [-0.2, 0) is 24.3 Å². The molecular weight excluding hydrogens is 368 g/mol. The van der Waals surface area contributed by atoms with E-state index >= 15 is 0 Å². The number of methoxy groups -OCH3 is 1. The van der Waals surface area contributed by atoms with Gasteiger partial charge in [-0.2, -0.15) is 5.10 Å². The lowest BCUT2D eigenvalue weighted by molar-refractivity contribution is -0.123. The number of rotatable bonds is 10. The molecule has 1 N–H and O–H groups in total. The summed E-state index contributed by atoms with van der Waals surface area (Å²) >= 11 is 0. The molecule has 29 heavy (non-hydrogen) atoms. The third kappa shape index (κ3) is 5.68. The Morgan fingerprint density at radius 1 is 1.21 bits per heavy atom. The first-order valence-corrected chi connectivity index (χ1v) is 9.26. The molecule has 0 fully saturated rings. The van der Waals surface area contributed by atoms with Crippen LogP contribution in [0.25, 0.3) is 0 Å². The molecule has 0 bridgehead atoms. The number of hydrogen-bond donors (Lipinski definition) is 1. The standard InChI is InChI=1S/C22H24N4O3/c1-3-6-17-9-10-20(21(11-17)28-2)29-14-22(27)24-12-18-7-4-5-8-19(18)13-26-16-23-15-25-26/h3-5,7-11,15-16H,1,6,12-14H2,2H3,(H,24,27). The summed E-state index contributed by atoms with van der Waals surface area (Å²) in [5.41, 5.74) is 3.15. The number of carbonyl (C=O) groups excluding carboxylic acids is 1. The zero-order valence-corrected chi connectivity index (χ0v) is 16.4. The van der Waals surface area contributed by atoms with Crippen molar-refractivity contribution in [3.8, 4) is 11.5 Å². The summed E-state index contributed by atoms with van der Waals surface area (Å²) in [5.74, 6) is 0.912. The van der Waals surface area contributed by atoms with Crippen molar-refractivity contribution in [2.75, 3.05) is 13.7 Å². The number of nitrogens with one attached hydrogen (secondary N) is 1. The molecule has 3 aromatic rings. The average Bonchev–Trinajstić information content (AvgIpc) is 3.25. The van der Waals surface area contributed by atoms with Crippen molar-refractivity contribution >= 4 is 5.91 Å². The van der Waals surface area contributed by atoms with E-state index in [-0.39, 0.29) is 12.5 Å². The molecule has 0 aliphatic rings. The molecular formula is C22H24N4O3. The van der Waals surface area contributed by atoms with Crippen LogP contribution in [0, 0.1) is 0 Å². The van der Waals surface area contributed by atoms with Gasteiger partial charge < -0.3 is 14.8 Å². The summed E-state index contributed by atoms with van der Waals surface area (Å²) in [6.07, 6.45) is 5.73. The van der Waals surface area contributed by atoms with Gasteiger partial charge in [-0.1, -0.05) is 36.4 Å². The lowest BCUT2D eigenvalue weighted by Crippen LogP contribution is -2.29. The average molecular weight is 392 g/mol. The SMILES string of the molecule is C=CCc1ccc(OCC(=O)NCc2ccccc2Cn2cncn2)c(OC)c1. The van der Waals surface area contributed by atoms with Crippen LogP contribution in [0.15, 0.2) is 67.8 Å². The van der Waals surface area contributed by atoms with E-state index in [1.54, 1.807) is 24.2 Å². The van der Waals surface area contributed by atoms with Crippen molar-refractivity contribution in [3.05, 3.63) is 84.5 Å². The number of nitrogens with zero attached hydrogens (tertiary/aromatic N) is 3. The molecule has 0 spiro atoms. The maximum absolute atomic E-state index is 12.3. The Kier molecular flexibility index (Phi) is 7.00. The fourth-order valence-corrected chi connectivity index (χ4v) is 2.89. The molecule has 0 saturated carbocycles. The summed E-state index contributed by atoms with van der Waals surface area (Å²) in [5, 5.41) is 7.02. The topological polar surface area (TPSA) is 78.3 Å². The molecule has 150 valence electrons. The fourth-order valence-electron chi connectivity index (χ4n) is 2.89. The van der Waals surface area contributed by atoms with E-state index in [9.17, 15) is 4.79 Å². The van der Waals surface area contributed by atoms with Gasteiger partial charge in [-0.25, -0.2) is 9.67 Å². The molecule has 0 atom stereocenters. The fraction of sp³-hybridized carbons (Fsp3) is 0.227. The summed E-state index contributed by atoms with van der Waals surface area (Å²) in [4.78, 5) is 16.2. The summed E-state index contributed by atoms with van der Waals surface area (Å²) in [6.45, 7) is 4.64. The van der Waals surface area contributed by atoms with Crippen LogP contribution in [0.5, 0.6) is 11.5 Å². The van der Waals surface area contributed by atoms with E-state index in [1.165, 1.54) is 6.33 Å². The third-order valence-corrected chi connectivity index (χ3v) is 4.36. The smallest absolute Gasteiger partial charge is 0.258 e. The Balaban J connectivity index is 1.55. The second-order valence-corrected chi connectivity index (χ2v) is 6.41. The maximum atomic E-state index is 12.3. The molecule has 0 aliphatic carbocycles. The van der Waals surface area contributed by atoms with Gasteiger partial charge in [0.2, 0.25) is 0 Å². The van der Waals surface area contributed by atoms with Crippen LogP contribution in [0.3, 0.4) is 0 Å². The van der Waals surface area contributed by atoms with E-state index in [2.05, 4.69) is 22.0 Å². The van der Waals surface area contributed by atoms with Crippen LogP contribution in [0.1, 0.15) is 16.7 Å². The minimum atomic E-state index is -0.210. The highest BCUT2D eigenvalue weighted by Gasteiger charge is 2.10. The maximum Gasteiger partial charge on any atom is 0.258 e. The van der Waals surface area contributed by atoms with Crippen LogP contribution in [-0.4, -0.2) is 34.4 Å². The number of carbonyl (C=O) groups is 1. The normalized spacial score (nSPS) is 10.4. The minimum absolute atomic E-state index is 0.0948. The van der Waals surface area contributed by atoms with Gasteiger partial charge in [0.25, 0.3) is 5.91 Å². The highest BCUT2D eigenvalue weighted by atomic mass is 16.5. The van der Waals surface area contributed by atoms with E-state index in [0.29, 0.717) is 24.6 Å². The van der Waals surface area contributed by atoms with Gasteiger partial charge in [0, 0.05) is 6.54 Å². The molecule has 0 aliphatic heterocycles. The van der Waals surface area contributed by atoms with Gasteiger partial charge in [0.05, 0.1) is 13.7 Å². The second-order valence-electron chi connectivity index (χ2n) is 6.41. The lowest BCUT2D eigenvalue weighted by Gasteiger charge is -2.13. The van der Waals surface area contributed by atoms with Crippen LogP contribution in [0.2, 0.25) is 0 Å². The first-order chi connectivity index (χ1) is 14.2. The Labute approximate surface area is 170 Å². The molecule has 3 rings (SSSR count). The number of ether oxygens (including phenoxy) is 2. The summed E-state index contributed by atoms with van der Waals surface area (Å²) in [7, 11) is 1.58. The van der Waals surface area contributed by atoms with Gasteiger partial charge in [-0.3, -0.25) is 4.79 Å². The van der Waals surface area contributed by atoms with E-state index in [4.69, 9.17) is 9.47 Å². The molecule has 0 radical (unpaired) electrons. The van der Waals surface area contributed by atoms with Gasteiger partial charge >= 0.3 is 0 Å². The van der Waals surface area contributed by atoms with Crippen molar-refractivity contribution < 1.29 is 14.3 Å². The molecule has 0 saturated heterocycles. The minimum Gasteiger partial charge on any atom is -0.493 e. The van der Waals surface area contributed by atoms with Crippen LogP contribution in [0.4, 0.5) is 0 Å². The predicted octanol–water partition coefficient (Wildman–Crippen LogP) is 2.76. The molecule has 1 aromatic heterocycles. The second kappa shape index (κ2) is 10.1. The molecule has 0 unspecified atom stereocenters. The van der Waals surface area contributed by atoms with Crippen molar-refractivity contribution in [2.45, 2.75) is 19.5 Å². The van der Waals surface area contributed by atoms with Crippen molar-refractivity contribution in [1.82, 2.24) is 20.1 Å². The quantitative estimate of drug-likeness (QED) is 0.537. The Morgan fingerprint density at radius 3 is 2.76 bits per heavy atom. The van der Waals surface area contributed by atoms with Gasteiger partial charge in [-0.15, -0.1) is 6.58 Å². The van der Waals surface area contributed by atoms with Gasteiger partial charge in [0.15, 0.2) is 18.1 Å². The largest absolute Gasteiger partial charge is 0.493 e. The zero-order valence-electron chi connectivity index (χ0n) is 16.4. The predicted molar refractivity (Wildman–Crippen MR) is 110 cm³/mol. The van der Waals surface area contributed by atoms with Crippen molar-refractivity contribution in [2.24, 2.45) is 0 Å². The highest BCUT2D eigenvalue weighted by Crippen LogP contribution is 2.28. The number of aromatic nitrogens is 3. The lowest BCUT2D eigenvalue weighted by atomic mass is 10.1. The zero-order chi connectivity index (χ0) is 20.5. The van der Waals surface area contributed by atoms with Gasteiger partial charge in [-0.05, 0) is 35.2 Å². The van der Waals surface area contributed by atoms with Crippen LogP contribution >= 0.6 is 0 Å². The monoisotopic (exact) mass is 392 g/mol. The first-order valence-electron chi connectivity index (χ1n) is 9.26. The first kappa shape index (κ1) is 20.1. The number of hydrogen-bond acceptors (Lipinski definition) is 5. The molecule has 1 amide bonds. The number of allylic oxidation sites excluding steroid dienone is 1. The van der Waals surface area contributed by atoms with Crippen molar-refractivity contribution in [3.63, 3.8) is 0 Å². The molecule has 2 aromatic carbocycles. The molecule has 7 nitrogen and oxygen atoms in total. The number of benzene rings is 2. The van der Waals surface area contributed by atoms with Crippen molar-refractivity contribution in [1.29, 1.82) is 0 Å². The summed E-state index contributed by atoms with van der Waals surface area (Å²) < 4.78 is 12.7. The third-order valence-electron chi connectivity index (χ3n) is 4.36. The molecule has 7 heteroatoms. The van der Waals surface area contributed by atoms with E-state index in [0.717, 1.165) is 23.1 Å². The Morgan fingerprint density at radius 2 is 2.03 bits per heavy atom. The Hall–Kier alpha value is -3.61. The van der Waals surface area contributed by atoms with Crippen LogP contribution < -0.4 is 14.8 Å². The van der Waals surface area contributed by atoms with E-state index in [1.807, 2.05) is 42.5 Å². The number of amides is 1.